The second kappa shape index (κ2) is 17.2. The first kappa shape index (κ1) is 24.8. The molecule has 0 saturated carbocycles. The first-order valence-electron chi connectivity index (χ1n) is 10.0. The quantitative estimate of drug-likeness (QED) is 0.396. The van der Waals surface area contributed by atoms with Gasteiger partial charge in [-0.15, -0.1) is 0 Å². The van der Waals surface area contributed by atoms with Crippen LogP contribution in [0.25, 0.3) is 0 Å². The first-order chi connectivity index (χ1) is 12.1. The molecule has 0 saturated heterocycles. The van der Waals surface area contributed by atoms with Crippen LogP contribution < -0.4 is 0 Å². The predicted molar refractivity (Wildman–Crippen MR) is 121 cm³/mol. The summed E-state index contributed by atoms with van der Waals surface area (Å²) in [6, 6.07) is 0. The Morgan fingerprint density at radius 1 is 0.600 bits per heavy atom. The molecule has 0 radical (unpaired) electrons. The zero-order valence-electron chi connectivity index (χ0n) is 17.4. The SMILES string of the molecule is CCC=C(CC)[SiH2]OB(O[SiH2]C(=CCC)CC)O[SiH2]C(=CCC)CC. The normalized spacial score (nSPS) is 14.9. The zero-order valence-corrected chi connectivity index (χ0v) is 21.6. The maximum Gasteiger partial charge on any atom is 0.606 e. The van der Waals surface area contributed by atoms with E-state index in [2.05, 4.69) is 59.8 Å². The molecule has 0 heterocycles. The van der Waals surface area contributed by atoms with E-state index in [1.54, 1.807) is 0 Å². The molecule has 0 rings (SSSR count). The van der Waals surface area contributed by atoms with Crippen molar-refractivity contribution < 1.29 is 13.0 Å². The van der Waals surface area contributed by atoms with Crippen molar-refractivity contribution in [3.05, 3.63) is 33.8 Å². The van der Waals surface area contributed by atoms with Crippen molar-refractivity contribution in [2.45, 2.75) is 80.1 Å². The molecule has 0 bridgehead atoms. The monoisotopic (exact) mass is 398 g/mol. The van der Waals surface area contributed by atoms with E-state index in [-0.39, 0.29) is 0 Å². The summed E-state index contributed by atoms with van der Waals surface area (Å²) in [5, 5.41) is 4.38. The van der Waals surface area contributed by atoms with Gasteiger partial charge in [0.2, 0.25) is 0 Å². The molecule has 0 aliphatic heterocycles. The summed E-state index contributed by atoms with van der Waals surface area (Å²) in [5.74, 6) is 0. The lowest BCUT2D eigenvalue weighted by atomic mass is 10.3. The maximum atomic E-state index is 6.13. The van der Waals surface area contributed by atoms with Crippen LogP contribution in [0, 0.1) is 0 Å². The van der Waals surface area contributed by atoms with Gasteiger partial charge in [0, 0.05) is 0 Å². The van der Waals surface area contributed by atoms with E-state index >= 15 is 0 Å². The Morgan fingerprint density at radius 3 is 1.08 bits per heavy atom. The smallest absolute Gasteiger partial charge is 0.431 e. The molecule has 0 aromatic rings. The number of hydrogen-bond acceptors (Lipinski definition) is 3. The standard InChI is InChI=1S/C18H39BO3Si3/c1-7-13-16(10-4)23-20-19(21-24-17(11-5)14-8-2)22-25-18(12-6)15-9-3/h13-15H,7-12,23-25H2,1-6H3. The molecule has 0 atom stereocenters. The van der Waals surface area contributed by atoms with Gasteiger partial charge in [-0.2, -0.15) is 0 Å². The summed E-state index contributed by atoms with van der Waals surface area (Å²) in [7, 11) is -2.66. The molecule has 0 amide bonds. The fourth-order valence-electron chi connectivity index (χ4n) is 2.45. The average molecular weight is 399 g/mol. The second-order valence-corrected chi connectivity index (χ2v) is 10.7. The highest BCUT2D eigenvalue weighted by atomic mass is 28.2. The van der Waals surface area contributed by atoms with Crippen LogP contribution in [0.2, 0.25) is 0 Å². The van der Waals surface area contributed by atoms with Crippen LogP contribution in [0.1, 0.15) is 80.1 Å². The van der Waals surface area contributed by atoms with Crippen molar-refractivity contribution in [2.75, 3.05) is 0 Å². The maximum absolute atomic E-state index is 6.13. The van der Waals surface area contributed by atoms with Gasteiger partial charge in [-0.1, -0.05) is 75.4 Å². The molecule has 7 heteroatoms. The summed E-state index contributed by atoms with van der Waals surface area (Å²) in [6.07, 6.45) is 13.4. The van der Waals surface area contributed by atoms with E-state index in [1.807, 2.05) is 0 Å². The highest BCUT2D eigenvalue weighted by molar-refractivity contribution is 6.62. The molecule has 0 aliphatic carbocycles. The van der Waals surface area contributed by atoms with Crippen molar-refractivity contribution in [1.82, 2.24) is 0 Å². The number of allylic oxidation sites excluding steroid dienone is 6. The first-order valence-corrected chi connectivity index (χ1v) is 13.9. The summed E-state index contributed by atoms with van der Waals surface area (Å²) >= 11 is 0. The predicted octanol–water partition coefficient (Wildman–Crippen LogP) is 3.38. The highest BCUT2D eigenvalue weighted by Crippen LogP contribution is 2.07. The van der Waals surface area contributed by atoms with Gasteiger partial charge in [0.25, 0.3) is 0 Å². The van der Waals surface area contributed by atoms with Crippen LogP contribution in [0.4, 0.5) is 0 Å². The highest BCUT2D eigenvalue weighted by Gasteiger charge is 2.21. The van der Waals surface area contributed by atoms with Gasteiger partial charge < -0.3 is 13.0 Å². The van der Waals surface area contributed by atoms with Crippen LogP contribution in [-0.4, -0.2) is 36.6 Å². The van der Waals surface area contributed by atoms with E-state index in [1.165, 1.54) is 15.6 Å². The summed E-state index contributed by atoms with van der Waals surface area (Å²) in [4.78, 5) is 0. The van der Waals surface area contributed by atoms with E-state index in [4.69, 9.17) is 13.0 Å². The molecule has 0 aliphatic rings. The Hall–Kier alpha value is -0.184. The van der Waals surface area contributed by atoms with E-state index in [9.17, 15) is 0 Å². The molecule has 144 valence electrons. The Kier molecular flexibility index (Phi) is 17.1. The Morgan fingerprint density at radius 2 is 0.880 bits per heavy atom. The lowest BCUT2D eigenvalue weighted by molar-refractivity contribution is 0.333. The molecular weight excluding hydrogens is 359 g/mol. The largest absolute Gasteiger partial charge is 0.606 e. The van der Waals surface area contributed by atoms with E-state index < -0.39 is 36.6 Å². The molecule has 0 fully saturated rings. The minimum Gasteiger partial charge on any atom is -0.431 e. The van der Waals surface area contributed by atoms with Gasteiger partial charge >= 0.3 is 7.32 Å². The minimum absolute atomic E-state index is 0.435. The fourth-order valence-corrected chi connectivity index (χ4v) is 6.49. The van der Waals surface area contributed by atoms with Gasteiger partial charge in [-0.05, 0) is 38.5 Å². The van der Waals surface area contributed by atoms with Crippen molar-refractivity contribution >= 4 is 36.6 Å². The summed E-state index contributed by atoms with van der Waals surface area (Å²) < 4.78 is 18.4. The molecule has 0 N–H and O–H groups in total. The molecule has 3 nitrogen and oxygen atoms in total. The van der Waals surface area contributed by atoms with Crippen LogP contribution in [0.3, 0.4) is 0 Å². The van der Waals surface area contributed by atoms with Crippen molar-refractivity contribution in [1.29, 1.82) is 0 Å². The molecule has 0 unspecified atom stereocenters. The van der Waals surface area contributed by atoms with Gasteiger partial charge in [0.1, 0.15) is 0 Å². The third-order valence-electron chi connectivity index (χ3n) is 4.06. The minimum atomic E-state index is -0.742. The summed E-state index contributed by atoms with van der Waals surface area (Å²) in [6.45, 7) is 13.2. The van der Waals surface area contributed by atoms with Crippen molar-refractivity contribution in [2.24, 2.45) is 0 Å². The molecule has 0 spiro atoms. The van der Waals surface area contributed by atoms with Gasteiger partial charge in [0.05, 0.1) is 0 Å². The Labute approximate surface area is 163 Å². The van der Waals surface area contributed by atoms with Crippen LogP contribution in [0.5, 0.6) is 0 Å². The Bertz CT molecular complexity index is 364. The van der Waals surface area contributed by atoms with Crippen molar-refractivity contribution in [3.63, 3.8) is 0 Å². The van der Waals surface area contributed by atoms with Crippen LogP contribution >= 0.6 is 0 Å². The lowest BCUT2D eigenvalue weighted by Crippen LogP contribution is -2.33. The summed E-state index contributed by atoms with van der Waals surface area (Å²) in [5.41, 5.74) is 0. The van der Waals surface area contributed by atoms with Crippen LogP contribution in [0.15, 0.2) is 33.8 Å². The third kappa shape index (κ3) is 12.7. The lowest BCUT2D eigenvalue weighted by Gasteiger charge is -2.18. The average Bonchev–Trinajstić information content (AvgIpc) is 2.63. The van der Waals surface area contributed by atoms with Crippen molar-refractivity contribution in [3.8, 4) is 0 Å². The molecular formula is C18H39BO3Si3. The molecule has 0 aromatic carbocycles. The van der Waals surface area contributed by atoms with Crippen LogP contribution in [-0.2, 0) is 13.0 Å². The van der Waals surface area contributed by atoms with E-state index in [0.717, 1.165) is 38.5 Å². The number of hydrogen-bond donors (Lipinski definition) is 0. The fraction of sp³-hybridized carbons (Fsp3) is 0.667. The number of rotatable bonds is 15. The zero-order chi connectivity index (χ0) is 18.9. The van der Waals surface area contributed by atoms with Gasteiger partial charge in [-0.3, -0.25) is 0 Å². The molecule has 25 heavy (non-hydrogen) atoms. The topological polar surface area (TPSA) is 27.7 Å². The van der Waals surface area contributed by atoms with E-state index in [0.29, 0.717) is 0 Å². The van der Waals surface area contributed by atoms with Gasteiger partial charge in [0.15, 0.2) is 29.3 Å². The third-order valence-corrected chi connectivity index (χ3v) is 8.85. The van der Waals surface area contributed by atoms with Gasteiger partial charge in [-0.25, -0.2) is 0 Å². The molecule has 0 aromatic heterocycles. The second-order valence-electron chi connectivity index (χ2n) is 6.09. The Balaban J connectivity index is 4.76.